The molecule has 0 saturated carbocycles. The van der Waals surface area contributed by atoms with E-state index in [0.29, 0.717) is 61.7 Å². The minimum atomic E-state index is -2.11. The summed E-state index contributed by atoms with van der Waals surface area (Å²) in [5, 5.41) is 78.4. The molecule has 0 aliphatic rings. The molecule has 618 valence electrons. The maximum Gasteiger partial charge on any atom is 0.326 e. The van der Waals surface area contributed by atoms with Crippen molar-refractivity contribution in [1.82, 2.24) is 74.1 Å². The Morgan fingerprint density at radius 1 is 0.450 bits per heavy atom. The van der Waals surface area contributed by atoms with E-state index in [1.165, 1.54) is 18.0 Å². The molecule has 44 heteroatoms. The molecule has 1 aromatic heterocycles. The number of rotatable bonds is 54. The Hall–Kier alpha value is -11.1. The number of aliphatic carboxylic acids is 4. The number of fused-ring (bicyclic) bond motifs is 1. The van der Waals surface area contributed by atoms with Crippen molar-refractivity contribution in [2.75, 3.05) is 31.6 Å². The summed E-state index contributed by atoms with van der Waals surface area (Å²) < 4.78 is 0. The van der Waals surface area contributed by atoms with Gasteiger partial charge in [0.05, 0.1) is 44.4 Å². The number of carbonyl (C=O) groups is 19. The largest absolute Gasteiger partial charge is 0.481 e. The van der Waals surface area contributed by atoms with E-state index in [0.717, 1.165) is 20.8 Å². The van der Waals surface area contributed by atoms with Gasteiger partial charge in [-0.3, -0.25) is 86.3 Å². The minimum Gasteiger partial charge on any atom is -0.481 e. The molecule has 43 nitrogen and oxygen atoms in total. The van der Waals surface area contributed by atoms with Crippen LogP contribution in [0.5, 0.6) is 0 Å². The van der Waals surface area contributed by atoms with Gasteiger partial charge in [-0.2, -0.15) is 11.8 Å². The lowest BCUT2D eigenvalue weighted by atomic mass is 10.0. The van der Waals surface area contributed by atoms with E-state index in [1.54, 1.807) is 49.7 Å². The molecule has 0 aliphatic heterocycles. The van der Waals surface area contributed by atoms with Gasteiger partial charge < -0.3 is 128 Å². The van der Waals surface area contributed by atoms with Crippen molar-refractivity contribution in [1.29, 1.82) is 0 Å². The Morgan fingerprint density at radius 3 is 1.40 bits per heavy atom. The molecule has 0 radical (unpaired) electrons. The minimum absolute atomic E-state index is 0.0454. The predicted molar refractivity (Wildman–Crippen MR) is 394 cm³/mol. The number of carboxylic acid groups (broad SMARTS) is 4. The summed E-state index contributed by atoms with van der Waals surface area (Å²) in [5.74, 6) is -23.8. The van der Waals surface area contributed by atoms with Gasteiger partial charge in [-0.25, -0.2) is 4.79 Å². The second kappa shape index (κ2) is 49.1. The second-order valence-corrected chi connectivity index (χ2v) is 27.5. The number of carboxylic acids is 4. The van der Waals surface area contributed by atoms with Crippen molar-refractivity contribution in [3.63, 3.8) is 0 Å². The molecular weight excluding hydrogens is 1490 g/mol. The highest BCUT2D eigenvalue weighted by atomic mass is 32.2. The molecule has 111 heavy (non-hydrogen) atoms. The maximum absolute atomic E-state index is 14.7. The van der Waals surface area contributed by atoms with Crippen LogP contribution < -0.4 is 97.8 Å². The van der Waals surface area contributed by atoms with Gasteiger partial charge in [0.2, 0.25) is 88.6 Å². The van der Waals surface area contributed by atoms with Crippen molar-refractivity contribution in [3.8, 4) is 0 Å². The summed E-state index contributed by atoms with van der Waals surface area (Å²) in [5.41, 5.74) is 29.3. The number of aromatic nitrogens is 1. The zero-order valence-corrected chi connectivity index (χ0v) is 63.1. The second-order valence-electron chi connectivity index (χ2n) is 26.5. The molecule has 14 atom stereocenters. The lowest BCUT2D eigenvalue weighted by Crippen LogP contribution is -2.62. The Labute approximate surface area is 641 Å². The van der Waals surface area contributed by atoms with Gasteiger partial charge >= 0.3 is 23.9 Å². The molecule has 0 unspecified atom stereocenters. The molecule has 2 rings (SSSR count). The van der Waals surface area contributed by atoms with Crippen LogP contribution in [0, 0.1) is 5.92 Å². The Morgan fingerprint density at radius 2 is 0.883 bits per heavy atom. The highest BCUT2D eigenvalue weighted by Crippen LogP contribution is 2.20. The molecule has 0 saturated heterocycles. The summed E-state index contributed by atoms with van der Waals surface area (Å²) in [7, 11) is 0. The van der Waals surface area contributed by atoms with Crippen LogP contribution in [-0.2, 0) is 97.5 Å². The number of nitrogens with one attached hydrogen (secondary N) is 14. The molecule has 29 N–H and O–H groups in total. The van der Waals surface area contributed by atoms with Crippen molar-refractivity contribution >= 4 is 135 Å². The van der Waals surface area contributed by atoms with E-state index < -0.39 is 249 Å². The molecule has 15 amide bonds. The first-order valence-electron chi connectivity index (χ1n) is 35.4. The smallest absolute Gasteiger partial charge is 0.326 e. The van der Waals surface area contributed by atoms with Crippen molar-refractivity contribution in [2.24, 2.45) is 34.6 Å². The highest BCUT2D eigenvalue weighted by molar-refractivity contribution is 7.98. The van der Waals surface area contributed by atoms with Gasteiger partial charge in [0.15, 0.2) is 0 Å². The maximum atomic E-state index is 14.7. The third kappa shape index (κ3) is 35.9. The average Bonchev–Trinajstić information content (AvgIpc) is 1.65. The van der Waals surface area contributed by atoms with E-state index in [1.807, 2.05) is 5.32 Å². The van der Waals surface area contributed by atoms with Crippen molar-refractivity contribution < 1.29 is 117 Å². The normalized spacial score (nSPS) is 14.9. The SMILES string of the molecule is CSCC[C@H](NC(=O)[C@H](CCC(=O)O)NC(=O)CNC(=O)[C@H](CC(C)C)NC(=O)[C@H](CCCCN)NC(=O)[C@@H](N)CCCCN)C(=O)N[C@@H](Cc1c[nH]c2ccccc12)C(=O)N[C@@H](CC(N)=O)C(=O)N[C@@H](CC(N)=O)C(=O)N[C@H](C(=O)N[C@@H](C)C(=O)N[C@@H](C)C(=O)N[C@@H](CC(=O)O)C(=O)N[C@@H](CC(=O)O)C(=O)O)[C@@H](C)O. The number of thioether (sulfide) groups is 1. The first-order valence-corrected chi connectivity index (χ1v) is 36.8. The van der Waals surface area contributed by atoms with E-state index >= 15 is 0 Å². The quantitative estimate of drug-likeness (QED) is 0.0274. The van der Waals surface area contributed by atoms with Gasteiger partial charge in [-0.05, 0) is 115 Å². The molecular formula is C67H105N19O24S. The van der Waals surface area contributed by atoms with Crippen LogP contribution in [0.4, 0.5) is 0 Å². The standard InChI is InChI=1S/C67H105N19O24S/c1-31(2)23-42(81-59(101)39(16-10-12-21-69)78-57(99)37(70)14-9-11-20-68)58(100)74-30-50(90)77-40(17-18-51(91)92)60(102)79-41(19-22-111-6)61(103)82-43(24-35-29-73-38-15-8-7-13-36(35)38)62(104)83-44(25-48(71)88)63(105)84-45(26-49(72)89)65(107)86-54(34(5)87)66(108)76-32(3)55(97)75-33(4)56(98)80-46(27-52(93)94)64(106)85-47(67(109)110)28-53(95)96/h7-8,13,15,29,31-34,37,39-47,54,73,87H,9-12,14,16-28,30,68-70H2,1-6H3,(H2,71,88)(H2,72,89)(H,74,100)(H,75,97)(H,76,108)(H,77,90)(H,78,99)(H,79,102)(H,80,98)(H,81,101)(H,82,103)(H,83,104)(H,84,105)(H,85,106)(H,86,107)(H,91,92)(H,93,94)(H,95,96)(H,109,110)/t32-,33-,34+,37-,39-,40-,41-,42-,43-,44-,45-,46-,47-,54-/m0/s1. The summed E-state index contributed by atoms with van der Waals surface area (Å²) in [6.45, 7) is 6.42. The van der Waals surface area contributed by atoms with Gasteiger partial charge in [0.25, 0.3) is 0 Å². The summed E-state index contributed by atoms with van der Waals surface area (Å²) in [6, 6.07) is -15.4. The molecule has 0 aliphatic carbocycles. The molecule has 1 heterocycles. The van der Waals surface area contributed by atoms with Gasteiger partial charge in [0.1, 0.15) is 72.5 Å². The number of hydrogen-bond acceptors (Lipinski definition) is 24. The van der Waals surface area contributed by atoms with Crippen molar-refractivity contribution in [2.45, 2.75) is 216 Å². The first-order chi connectivity index (χ1) is 52.1. The number of benzene rings is 1. The number of hydrogen-bond donors (Lipinski definition) is 24. The number of para-hydroxylation sites is 1. The first kappa shape index (κ1) is 96.0. The number of primary amides is 2. The number of unbranched alkanes of at least 4 members (excludes halogenated alkanes) is 2. The fourth-order valence-electron chi connectivity index (χ4n) is 10.6. The number of carbonyl (C=O) groups excluding carboxylic acids is 15. The molecule has 0 fully saturated rings. The molecule has 1 aromatic carbocycles. The fraction of sp³-hybridized carbons (Fsp3) is 0.597. The monoisotopic (exact) mass is 1590 g/mol. The lowest BCUT2D eigenvalue weighted by Gasteiger charge is -2.28. The van der Waals surface area contributed by atoms with Crippen LogP contribution >= 0.6 is 11.8 Å². The zero-order valence-electron chi connectivity index (χ0n) is 62.3. The highest BCUT2D eigenvalue weighted by Gasteiger charge is 2.39. The predicted octanol–water partition coefficient (Wildman–Crippen LogP) is -7.90. The Bertz CT molecular complexity index is 3620. The van der Waals surface area contributed by atoms with Crippen LogP contribution in [0.15, 0.2) is 30.5 Å². The average molecular weight is 1590 g/mol. The Kier molecular flexibility index (Phi) is 42.5. The number of aliphatic hydroxyl groups excluding tert-OH is 1. The Balaban J connectivity index is 2.46. The van der Waals surface area contributed by atoms with Gasteiger partial charge in [-0.1, -0.05) is 38.5 Å². The van der Waals surface area contributed by atoms with E-state index in [2.05, 4.69) is 63.5 Å². The summed E-state index contributed by atoms with van der Waals surface area (Å²) >= 11 is 1.21. The van der Waals surface area contributed by atoms with Crippen LogP contribution in [0.25, 0.3) is 10.9 Å². The summed E-state index contributed by atoms with van der Waals surface area (Å²) in [6.07, 6.45) is -2.45. The molecule has 2 aromatic rings. The van der Waals surface area contributed by atoms with Gasteiger partial charge in [0, 0.05) is 29.9 Å². The lowest BCUT2D eigenvalue weighted by molar-refractivity contribution is -0.148. The van der Waals surface area contributed by atoms with Gasteiger partial charge in [-0.15, -0.1) is 0 Å². The number of amides is 15. The number of aliphatic hydroxyl groups is 1. The van der Waals surface area contributed by atoms with E-state index in [-0.39, 0.29) is 30.9 Å². The van der Waals surface area contributed by atoms with Crippen LogP contribution in [0.1, 0.15) is 130 Å². The topological polar surface area (TPSA) is 728 Å². The van der Waals surface area contributed by atoms with E-state index in [4.69, 9.17) is 33.8 Å². The van der Waals surface area contributed by atoms with E-state index in [9.17, 15) is 112 Å². The number of aromatic amines is 1. The van der Waals surface area contributed by atoms with Crippen LogP contribution in [0.3, 0.4) is 0 Å². The number of H-pyrrole nitrogens is 1. The molecule has 0 bridgehead atoms. The number of nitrogens with two attached hydrogens (primary N) is 5. The van der Waals surface area contributed by atoms with Crippen molar-refractivity contribution in [3.05, 3.63) is 36.0 Å². The molecule has 0 spiro atoms. The third-order valence-corrected chi connectivity index (χ3v) is 17.2. The zero-order chi connectivity index (χ0) is 83.9. The van der Waals surface area contributed by atoms with Crippen LogP contribution in [-0.4, -0.2) is 259 Å². The summed E-state index contributed by atoms with van der Waals surface area (Å²) in [4.78, 5) is 253. The third-order valence-electron chi connectivity index (χ3n) is 16.6. The van der Waals surface area contributed by atoms with Crippen LogP contribution in [0.2, 0.25) is 0 Å². The fourth-order valence-corrected chi connectivity index (χ4v) is 11.1.